The van der Waals surface area contributed by atoms with E-state index in [9.17, 15) is 9.90 Å². The summed E-state index contributed by atoms with van der Waals surface area (Å²) in [5.74, 6) is 0.808. The van der Waals surface area contributed by atoms with Crippen molar-refractivity contribution < 1.29 is 14.6 Å². The number of rotatable bonds is 1. The van der Waals surface area contributed by atoms with Crippen molar-refractivity contribution in [3.8, 4) is 0 Å². The Morgan fingerprint density at radius 1 is 1.80 bits per heavy atom. The molecule has 58 valence electrons. The van der Waals surface area contributed by atoms with Gasteiger partial charge in [-0.1, -0.05) is 0 Å². The maximum atomic E-state index is 10.9. The first kappa shape index (κ1) is 7.88. The predicted octanol–water partition coefficient (Wildman–Crippen LogP) is 0.0274. The average molecular weight is 162 g/mol. The summed E-state index contributed by atoms with van der Waals surface area (Å²) in [6.45, 7) is 0. The van der Waals surface area contributed by atoms with Crippen LogP contribution in [0.25, 0.3) is 0 Å². The minimum absolute atomic E-state index is 0.472. The molecule has 0 aromatic heterocycles. The summed E-state index contributed by atoms with van der Waals surface area (Å²) in [5, 5.41) is 9.46. The fraction of sp³-hybridized carbons (Fsp3) is 0.833. The van der Waals surface area contributed by atoms with Gasteiger partial charge in [-0.25, -0.2) is 4.79 Å². The van der Waals surface area contributed by atoms with Crippen molar-refractivity contribution in [1.82, 2.24) is 0 Å². The Kier molecular flexibility index (Phi) is 2.21. The van der Waals surface area contributed by atoms with Gasteiger partial charge in [-0.15, -0.1) is 0 Å². The Hall–Kier alpha value is -0.220. The number of hydrogen-bond donors (Lipinski definition) is 1. The summed E-state index contributed by atoms with van der Waals surface area (Å²) >= 11 is 1.57. The number of esters is 1. The van der Waals surface area contributed by atoms with Crippen LogP contribution < -0.4 is 0 Å². The molecule has 1 saturated heterocycles. The van der Waals surface area contributed by atoms with E-state index in [0.717, 1.165) is 5.75 Å². The Morgan fingerprint density at radius 3 is 2.90 bits per heavy atom. The van der Waals surface area contributed by atoms with E-state index in [-0.39, 0.29) is 0 Å². The van der Waals surface area contributed by atoms with E-state index in [4.69, 9.17) is 0 Å². The zero-order valence-corrected chi connectivity index (χ0v) is 6.61. The number of hydrogen-bond acceptors (Lipinski definition) is 4. The highest BCUT2D eigenvalue weighted by Crippen LogP contribution is 2.28. The SMILES string of the molecule is COC(=O)[C@]1(O)CCSC1. The Morgan fingerprint density at radius 2 is 2.50 bits per heavy atom. The fourth-order valence-corrected chi connectivity index (χ4v) is 2.13. The van der Waals surface area contributed by atoms with E-state index in [2.05, 4.69) is 4.74 Å². The molecule has 0 unspecified atom stereocenters. The van der Waals surface area contributed by atoms with Crippen LogP contribution in [0.2, 0.25) is 0 Å². The van der Waals surface area contributed by atoms with Gasteiger partial charge in [0, 0.05) is 5.75 Å². The zero-order chi connectivity index (χ0) is 7.61. The van der Waals surface area contributed by atoms with Gasteiger partial charge in [0.05, 0.1) is 7.11 Å². The van der Waals surface area contributed by atoms with Crippen molar-refractivity contribution in [2.45, 2.75) is 12.0 Å². The van der Waals surface area contributed by atoms with Crippen LogP contribution in [0.3, 0.4) is 0 Å². The lowest BCUT2D eigenvalue weighted by Crippen LogP contribution is -2.39. The summed E-state index contributed by atoms with van der Waals surface area (Å²) in [6.07, 6.45) is 0.518. The highest BCUT2D eigenvalue weighted by molar-refractivity contribution is 7.99. The molecule has 1 heterocycles. The van der Waals surface area contributed by atoms with Crippen molar-refractivity contribution in [1.29, 1.82) is 0 Å². The summed E-state index contributed by atoms with van der Waals surface area (Å²) in [7, 11) is 1.29. The van der Waals surface area contributed by atoms with Gasteiger partial charge in [0.25, 0.3) is 0 Å². The number of carbonyl (C=O) groups excluding carboxylic acids is 1. The average Bonchev–Trinajstić information content (AvgIpc) is 2.36. The quantitative estimate of drug-likeness (QED) is 0.552. The largest absolute Gasteiger partial charge is 0.467 e. The number of carbonyl (C=O) groups is 1. The van der Waals surface area contributed by atoms with Crippen molar-refractivity contribution >= 4 is 17.7 Å². The number of ether oxygens (including phenoxy) is 1. The molecule has 1 rings (SSSR count). The maximum Gasteiger partial charge on any atom is 0.338 e. The Balaban J connectivity index is 2.58. The lowest BCUT2D eigenvalue weighted by atomic mass is 10.1. The summed E-state index contributed by atoms with van der Waals surface area (Å²) in [5.41, 5.74) is -1.20. The molecule has 0 bridgehead atoms. The van der Waals surface area contributed by atoms with E-state index in [0.29, 0.717) is 12.2 Å². The molecule has 1 atom stereocenters. The van der Waals surface area contributed by atoms with Gasteiger partial charge in [0.1, 0.15) is 0 Å². The molecule has 0 saturated carbocycles. The van der Waals surface area contributed by atoms with Gasteiger partial charge < -0.3 is 9.84 Å². The molecule has 4 heteroatoms. The molecule has 3 nitrogen and oxygen atoms in total. The Bertz CT molecular complexity index is 140. The lowest BCUT2D eigenvalue weighted by Gasteiger charge is -2.16. The van der Waals surface area contributed by atoms with Crippen LogP contribution in [0.1, 0.15) is 6.42 Å². The summed E-state index contributed by atoms with van der Waals surface area (Å²) in [6, 6.07) is 0. The monoisotopic (exact) mass is 162 g/mol. The second-order valence-corrected chi connectivity index (χ2v) is 3.43. The third-order valence-corrected chi connectivity index (χ3v) is 2.74. The van der Waals surface area contributed by atoms with Gasteiger partial charge in [-0.3, -0.25) is 0 Å². The minimum atomic E-state index is -1.20. The third-order valence-electron chi connectivity index (χ3n) is 1.57. The molecule has 0 amide bonds. The first-order valence-corrected chi connectivity index (χ1v) is 4.23. The van der Waals surface area contributed by atoms with E-state index in [1.54, 1.807) is 11.8 Å². The number of thioether (sulfide) groups is 1. The van der Waals surface area contributed by atoms with Crippen molar-refractivity contribution in [2.24, 2.45) is 0 Å². The second kappa shape index (κ2) is 2.80. The van der Waals surface area contributed by atoms with E-state index in [1.807, 2.05) is 0 Å². The number of methoxy groups -OCH3 is 1. The van der Waals surface area contributed by atoms with Crippen LogP contribution in [0.5, 0.6) is 0 Å². The smallest absolute Gasteiger partial charge is 0.338 e. The molecule has 0 radical (unpaired) electrons. The van der Waals surface area contributed by atoms with E-state index >= 15 is 0 Å². The maximum absolute atomic E-state index is 10.9. The molecule has 0 aromatic carbocycles. The molecule has 0 spiro atoms. The molecule has 1 N–H and O–H groups in total. The topological polar surface area (TPSA) is 46.5 Å². The van der Waals surface area contributed by atoms with Gasteiger partial charge >= 0.3 is 5.97 Å². The first-order chi connectivity index (χ1) is 4.69. The zero-order valence-electron chi connectivity index (χ0n) is 5.79. The van der Waals surface area contributed by atoms with Gasteiger partial charge in [-0.05, 0) is 12.2 Å². The third kappa shape index (κ3) is 1.27. The molecule has 1 fully saturated rings. The number of aliphatic hydroxyl groups is 1. The van der Waals surface area contributed by atoms with Crippen LogP contribution >= 0.6 is 11.8 Å². The van der Waals surface area contributed by atoms with Crippen molar-refractivity contribution in [2.75, 3.05) is 18.6 Å². The predicted molar refractivity (Wildman–Crippen MR) is 38.9 cm³/mol. The first-order valence-electron chi connectivity index (χ1n) is 3.07. The van der Waals surface area contributed by atoms with E-state index < -0.39 is 11.6 Å². The van der Waals surface area contributed by atoms with Gasteiger partial charge in [0.15, 0.2) is 5.60 Å². The highest BCUT2D eigenvalue weighted by Gasteiger charge is 2.40. The normalized spacial score (nSPS) is 32.2. The molecule has 10 heavy (non-hydrogen) atoms. The molecular weight excluding hydrogens is 152 g/mol. The van der Waals surface area contributed by atoms with Crippen molar-refractivity contribution in [3.63, 3.8) is 0 Å². The molecule has 1 aliphatic rings. The standard InChI is InChI=1S/C6H10O3S/c1-9-5(7)6(8)2-3-10-4-6/h8H,2-4H2,1H3/t6-/m0/s1. The Labute approximate surface area is 63.8 Å². The molecule has 0 aliphatic carbocycles. The van der Waals surface area contributed by atoms with Crippen molar-refractivity contribution in [3.05, 3.63) is 0 Å². The van der Waals surface area contributed by atoms with Crippen LogP contribution in [0.4, 0.5) is 0 Å². The molecule has 0 aromatic rings. The van der Waals surface area contributed by atoms with Gasteiger partial charge in [-0.2, -0.15) is 11.8 Å². The van der Waals surface area contributed by atoms with Crippen LogP contribution in [-0.4, -0.2) is 35.3 Å². The molecular formula is C6H10O3S. The highest BCUT2D eigenvalue weighted by atomic mass is 32.2. The minimum Gasteiger partial charge on any atom is -0.467 e. The fourth-order valence-electron chi connectivity index (χ4n) is 0.905. The second-order valence-electron chi connectivity index (χ2n) is 2.33. The van der Waals surface area contributed by atoms with Gasteiger partial charge in [0.2, 0.25) is 0 Å². The van der Waals surface area contributed by atoms with Crippen LogP contribution in [-0.2, 0) is 9.53 Å². The van der Waals surface area contributed by atoms with Crippen LogP contribution in [0.15, 0.2) is 0 Å². The molecule has 1 aliphatic heterocycles. The summed E-state index contributed by atoms with van der Waals surface area (Å²) < 4.78 is 4.43. The van der Waals surface area contributed by atoms with E-state index in [1.165, 1.54) is 7.11 Å². The lowest BCUT2D eigenvalue weighted by molar-refractivity contribution is -0.159. The van der Waals surface area contributed by atoms with Crippen LogP contribution in [0, 0.1) is 0 Å². The summed E-state index contributed by atoms with van der Waals surface area (Å²) in [4.78, 5) is 10.9.